The Morgan fingerprint density at radius 2 is 2.21 bits per heavy atom. The Morgan fingerprint density at radius 3 is 2.79 bits per heavy atom. The van der Waals surface area contributed by atoms with Gasteiger partial charge >= 0.3 is 0 Å². The molecular formula is C13H20N2O2S2. The maximum Gasteiger partial charge on any atom is 0.243 e. The third-order valence-corrected chi connectivity index (χ3v) is 6.53. The Balaban J connectivity index is 2.30. The fraction of sp³-hybridized carbons (Fsp3) is 0.538. The van der Waals surface area contributed by atoms with Crippen LogP contribution in [0.4, 0.5) is 0 Å². The molecule has 1 heterocycles. The van der Waals surface area contributed by atoms with Gasteiger partial charge in [0.2, 0.25) is 10.0 Å². The molecule has 106 valence electrons. The molecule has 1 fully saturated rings. The molecule has 2 rings (SSSR count). The van der Waals surface area contributed by atoms with Gasteiger partial charge < -0.3 is 5.73 Å². The van der Waals surface area contributed by atoms with E-state index in [9.17, 15) is 8.42 Å². The first-order chi connectivity index (χ1) is 8.93. The second-order valence-corrected chi connectivity index (χ2v) is 8.05. The molecule has 1 aromatic rings. The average Bonchev–Trinajstić information content (AvgIpc) is 2.91. The van der Waals surface area contributed by atoms with Crippen molar-refractivity contribution in [2.45, 2.75) is 30.3 Å². The highest BCUT2D eigenvalue weighted by atomic mass is 32.2. The van der Waals surface area contributed by atoms with Crippen LogP contribution in [0.15, 0.2) is 29.2 Å². The van der Waals surface area contributed by atoms with Gasteiger partial charge in [-0.25, -0.2) is 8.42 Å². The minimum atomic E-state index is -3.41. The van der Waals surface area contributed by atoms with Gasteiger partial charge in [-0.05, 0) is 36.8 Å². The summed E-state index contributed by atoms with van der Waals surface area (Å²) in [6.45, 7) is 1.85. The quantitative estimate of drug-likeness (QED) is 0.921. The Bertz CT molecular complexity index is 537. The van der Waals surface area contributed by atoms with Gasteiger partial charge in [-0.1, -0.05) is 12.1 Å². The van der Waals surface area contributed by atoms with Crippen LogP contribution in [0.3, 0.4) is 0 Å². The first-order valence-electron chi connectivity index (χ1n) is 6.34. The zero-order valence-electron chi connectivity index (χ0n) is 11.2. The van der Waals surface area contributed by atoms with E-state index in [1.165, 1.54) is 4.31 Å². The molecule has 0 spiro atoms. The fourth-order valence-electron chi connectivity index (χ4n) is 2.13. The summed E-state index contributed by atoms with van der Waals surface area (Å²) in [5.41, 5.74) is 6.66. The first kappa shape index (κ1) is 14.8. The molecule has 1 aromatic carbocycles. The summed E-state index contributed by atoms with van der Waals surface area (Å²) in [5, 5.41) is 0. The van der Waals surface area contributed by atoms with Gasteiger partial charge in [0, 0.05) is 24.9 Å². The molecule has 2 atom stereocenters. The SMILES string of the molecule is CC(N)c1cccc(S(=O)(=O)N(C)C2CCSC2)c1. The van der Waals surface area contributed by atoms with Crippen molar-refractivity contribution in [2.75, 3.05) is 18.6 Å². The molecule has 1 aliphatic rings. The summed E-state index contributed by atoms with van der Waals surface area (Å²) in [6.07, 6.45) is 0.924. The number of nitrogens with zero attached hydrogens (tertiary/aromatic N) is 1. The second kappa shape index (κ2) is 5.83. The molecule has 1 saturated heterocycles. The number of nitrogens with two attached hydrogens (primary N) is 1. The van der Waals surface area contributed by atoms with E-state index in [1.807, 2.05) is 13.0 Å². The third-order valence-electron chi connectivity index (χ3n) is 3.48. The zero-order chi connectivity index (χ0) is 14.0. The monoisotopic (exact) mass is 300 g/mol. The van der Waals surface area contributed by atoms with Crippen LogP contribution < -0.4 is 5.73 Å². The van der Waals surface area contributed by atoms with Crippen molar-refractivity contribution in [1.29, 1.82) is 0 Å². The Hall–Kier alpha value is -0.560. The Morgan fingerprint density at radius 1 is 1.47 bits per heavy atom. The lowest BCUT2D eigenvalue weighted by molar-refractivity contribution is 0.394. The average molecular weight is 300 g/mol. The summed E-state index contributed by atoms with van der Waals surface area (Å²) in [4.78, 5) is 0.335. The van der Waals surface area contributed by atoms with E-state index in [1.54, 1.807) is 37.0 Å². The number of rotatable bonds is 4. The maximum atomic E-state index is 12.6. The largest absolute Gasteiger partial charge is 0.324 e. The van der Waals surface area contributed by atoms with E-state index in [4.69, 9.17) is 5.73 Å². The van der Waals surface area contributed by atoms with Crippen molar-refractivity contribution in [3.05, 3.63) is 29.8 Å². The van der Waals surface area contributed by atoms with Gasteiger partial charge in [0.25, 0.3) is 0 Å². The van der Waals surface area contributed by atoms with Crippen molar-refractivity contribution >= 4 is 21.8 Å². The van der Waals surface area contributed by atoms with Crippen molar-refractivity contribution in [1.82, 2.24) is 4.31 Å². The van der Waals surface area contributed by atoms with Crippen molar-refractivity contribution < 1.29 is 8.42 Å². The zero-order valence-corrected chi connectivity index (χ0v) is 12.9. The molecule has 6 heteroatoms. The normalized spacial score (nSPS) is 21.8. The van der Waals surface area contributed by atoms with Crippen LogP contribution in [0.5, 0.6) is 0 Å². The number of benzene rings is 1. The Kier molecular flexibility index (Phi) is 4.55. The van der Waals surface area contributed by atoms with Crippen molar-refractivity contribution in [3.63, 3.8) is 0 Å². The molecule has 1 aliphatic heterocycles. The van der Waals surface area contributed by atoms with Crippen LogP contribution in [0, 0.1) is 0 Å². The van der Waals surface area contributed by atoms with Gasteiger partial charge in [-0.2, -0.15) is 16.1 Å². The predicted molar refractivity (Wildman–Crippen MR) is 79.7 cm³/mol. The lowest BCUT2D eigenvalue weighted by Gasteiger charge is -2.23. The Labute approximate surface area is 119 Å². The summed E-state index contributed by atoms with van der Waals surface area (Å²) in [6, 6.07) is 6.87. The minimum absolute atomic E-state index is 0.106. The fourth-order valence-corrected chi connectivity index (χ4v) is 4.93. The molecule has 19 heavy (non-hydrogen) atoms. The first-order valence-corrected chi connectivity index (χ1v) is 8.93. The molecule has 0 saturated carbocycles. The molecule has 0 radical (unpaired) electrons. The van der Waals surface area contributed by atoms with Crippen molar-refractivity contribution in [3.8, 4) is 0 Å². The molecular weight excluding hydrogens is 280 g/mol. The van der Waals surface area contributed by atoms with Gasteiger partial charge in [-0.15, -0.1) is 0 Å². The van der Waals surface area contributed by atoms with Crippen LogP contribution in [0.2, 0.25) is 0 Å². The summed E-state index contributed by atoms with van der Waals surface area (Å²) in [5.74, 6) is 1.91. The molecule has 0 aromatic heterocycles. The lowest BCUT2D eigenvalue weighted by atomic mass is 10.1. The summed E-state index contributed by atoms with van der Waals surface area (Å²) < 4.78 is 26.6. The minimum Gasteiger partial charge on any atom is -0.324 e. The van der Waals surface area contributed by atoms with E-state index in [0.717, 1.165) is 23.5 Å². The van der Waals surface area contributed by atoms with Gasteiger partial charge in [0.05, 0.1) is 4.90 Å². The summed E-state index contributed by atoms with van der Waals surface area (Å²) in [7, 11) is -1.74. The number of thioether (sulfide) groups is 1. The molecule has 4 nitrogen and oxygen atoms in total. The highest BCUT2D eigenvalue weighted by Gasteiger charge is 2.30. The van der Waals surface area contributed by atoms with Crippen LogP contribution >= 0.6 is 11.8 Å². The second-order valence-electron chi connectivity index (χ2n) is 4.90. The van der Waals surface area contributed by atoms with E-state index in [-0.39, 0.29) is 12.1 Å². The van der Waals surface area contributed by atoms with Crippen molar-refractivity contribution in [2.24, 2.45) is 5.73 Å². The molecule has 0 aliphatic carbocycles. The number of hydrogen-bond donors (Lipinski definition) is 1. The lowest BCUT2D eigenvalue weighted by Crippen LogP contribution is -2.37. The molecule has 2 unspecified atom stereocenters. The van der Waals surface area contributed by atoms with Gasteiger partial charge in [0.15, 0.2) is 0 Å². The topological polar surface area (TPSA) is 63.4 Å². The summed E-state index contributed by atoms with van der Waals surface area (Å²) >= 11 is 1.80. The molecule has 0 amide bonds. The van der Waals surface area contributed by atoms with Crippen LogP contribution in [-0.4, -0.2) is 37.3 Å². The van der Waals surface area contributed by atoms with Gasteiger partial charge in [0.1, 0.15) is 0 Å². The van der Waals surface area contributed by atoms with Crippen LogP contribution in [0.1, 0.15) is 24.9 Å². The number of hydrogen-bond acceptors (Lipinski definition) is 4. The van der Waals surface area contributed by atoms with E-state index < -0.39 is 10.0 Å². The van der Waals surface area contributed by atoms with Gasteiger partial charge in [-0.3, -0.25) is 0 Å². The highest BCUT2D eigenvalue weighted by Crippen LogP contribution is 2.27. The smallest absolute Gasteiger partial charge is 0.243 e. The predicted octanol–water partition coefficient (Wildman–Crippen LogP) is 1.83. The van der Waals surface area contributed by atoms with E-state index >= 15 is 0 Å². The third kappa shape index (κ3) is 3.13. The van der Waals surface area contributed by atoms with Crippen LogP contribution in [-0.2, 0) is 10.0 Å². The van der Waals surface area contributed by atoms with E-state index in [2.05, 4.69) is 0 Å². The standard InChI is InChI=1S/C13H20N2O2S2/c1-10(14)11-4-3-5-13(8-11)19(16,17)15(2)12-6-7-18-9-12/h3-5,8,10,12H,6-7,9,14H2,1-2H3. The molecule has 2 N–H and O–H groups in total. The van der Waals surface area contributed by atoms with E-state index in [0.29, 0.717) is 4.90 Å². The molecule has 0 bridgehead atoms. The van der Waals surface area contributed by atoms with Crippen LogP contribution in [0.25, 0.3) is 0 Å². The highest BCUT2D eigenvalue weighted by molar-refractivity contribution is 7.99. The maximum absolute atomic E-state index is 12.6. The number of sulfonamides is 1.